The van der Waals surface area contributed by atoms with Crippen molar-refractivity contribution in [2.75, 3.05) is 9.80 Å². The fourth-order valence-electron chi connectivity index (χ4n) is 7.96. The first kappa shape index (κ1) is 32.6. The number of nitriles is 1. The summed E-state index contributed by atoms with van der Waals surface area (Å²) in [4.78, 5) is 8.38. The van der Waals surface area contributed by atoms with E-state index in [4.69, 9.17) is 11.0 Å². The van der Waals surface area contributed by atoms with E-state index in [1.807, 2.05) is 132 Å². The minimum atomic E-state index is 0.419. The van der Waals surface area contributed by atoms with Crippen LogP contribution in [0.3, 0.4) is 0 Å². The molecule has 10 aromatic rings. The summed E-state index contributed by atoms with van der Waals surface area (Å²) in [6.07, 6.45) is 0. The quantitative estimate of drug-likeness (QED) is 0.154. The molecular weight excluding hydrogens is 687 g/mol. The van der Waals surface area contributed by atoms with Gasteiger partial charge in [0.05, 0.1) is 39.9 Å². The smallest absolute Gasteiger partial charge is 0.212 e. The minimum Gasteiger partial charge on any atom is -0.455 e. The standard InChI is InChI=1S/C50H31N5O/c1-52-43-32-46(34(33-51)30-47(43)54(37-20-10-4-11-21-37)38-22-12-5-13-23-38)55-44-28-26-39(53(35-16-6-2-7-17-35)36-18-8-3-9-19-36)31-42(44)49-45(55)29-27-41-40-24-14-15-25-48(40)56-50(41)49/h2-32H. The number of nitrogens with zero attached hydrogens (tertiary/aromatic N) is 5. The largest absolute Gasteiger partial charge is 0.455 e. The maximum absolute atomic E-state index is 10.9. The zero-order valence-corrected chi connectivity index (χ0v) is 30.0. The molecule has 0 atom stereocenters. The number of fused-ring (bicyclic) bond motifs is 7. The molecule has 0 unspecified atom stereocenters. The lowest BCUT2D eigenvalue weighted by molar-refractivity contribution is 0.673. The van der Waals surface area contributed by atoms with Crippen LogP contribution in [-0.2, 0) is 0 Å². The van der Waals surface area contributed by atoms with Gasteiger partial charge in [-0.1, -0.05) is 91.0 Å². The normalized spacial score (nSPS) is 11.2. The number of aromatic nitrogens is 1. The number of hydrogen-bond donors (Lipinski definition) is 0. The molecule has 10 rings (SSSR count). The molecule has 0 aliphatic heterocycles. The second-order valence-electron chi connectivity index (χ2n) is 13.6. The Hall–Kier alpha value is -8.06. The Bertz CT molecular complexity index is 3080. The Kier molecular flexibility index (Phi) is 7.80. The van der Waals surface area contributed by atoms with Crippen LogP contribution in [-0.4, -0.2) is 4.57 Å². The van der Waals surface area contributed by atoms with Crippen molar-refractivity contribution in [2.24, 2.45) is 0 Å². The molecule has 56 heavy (non-hydrogen) atoms. The van der Waals surface area contributed by atoms with Crippen LogP contribution in [0.4, 0.5) is 39.8 Å². The summed E-state index contributed by atoms with van der Waals surface area (Å²) in [5, 5.41) is 14.9. The number of rotatable bonds is 7. The van der Waals surface area contributed by atoms with Gasteiger partial charge in [0.2, 0.25) is 5.69 Å². The van der Waals surface area contributed by atoms with E-state index in [9.17, 15) is 5.26 Å². The Morgan fingerprint density at radius 3 is 1.66 bits per heavy atom. The van der Waals surface area contributed by atoms with Crippen LogP contribution in [0.15, 0.2) is 192 Å². The van der Waals surface area contributed by atoms with Gasteiger partial charge in [-0.2, -0.15) is 5.26 Å². The molecule has 2 heterocycles. The molecule has 0 aliphatic rings. The van der Waals surface area contributed by atoms with Crippen LogP contribution < -0.4 is 9.80 Å². The van der Waals surface area contributed by atoms with Crippen molar-refractivity contribution >= 4 is 83.6 Å². The van der Waals surface area contributed by atoms with E-state index in [1.54, 1.807) is 0 Å². The van der Waals surface area contributed by atoms with Crippen molar-refractivity contribution in [3.63, 3.8) is 0 Å². The summed E-state index contributed by atoms with van der Waals surface area (Å²) >= 11 is 0. The van der Waals surface area contributed by atoms with Crippen molar-refractivity contribution in [3.8, 4) is 11.8 Å². The number of furan rings is 1. The van der Waals surface area contributed by atoms with Crippen LogP contribution in [0, 0.1) is 17.9 Å². The predicted octanol–water partition coefficient (Wildman–Crippen LogP) is 14.0. The van der Waals surface area contributed by atoms with Crippen molar-refractivity contribution in [3.05, 3.63) is 205 Å². The van der Waals surface area contributed by atoms with Crippen LogP contribution in [0.25, 0.3) is 54.3 Å². The Labute approximate surface area is 323 Å². The van der Waals surface area contributed by atoms with E-state index in [0.717, 1.165) is 72.2 Å². The van der Waals surface area contributed by atoms with Crippen LogP contribution >= 0.6 is 0 Å². The van der Waals surface area contributed by atoms with Gasteiger partial charge in [-0.05, 0) is 97.1 Å². The Morgan fingerprint density at radius 1 is 0.518 bits per heavy atom. The molecule has 2 aromatic heterocycles. The van der Waals surface area contributed by atoms with E-state index in [0.29, 0.717) is 22.6 Å². The summed E-state index contributed by atoms with van der Waals surface area (Å²) in [7, 11) is 0. The van der Waals surface area contributed by atoms with Gasteiger partial charge in [0.25, 0.3) is 0 Å². The maximum Gasteiger partial charge on any atom is 0.212 e. The summed E-state index contributed by atoms with van der Waals surface area (Å²) in [5.74, 6) is 0. The van der Waals surface area contributed by atoms with Gasteiger partial charge in [-0.25, -0.2) is 4.85 Å². The van der Waals surface area contributed by atoms with Gasteiger partial charge in [0, 0.05) is 44.6 Å². The van der Waals surface area contributed by atoms with E-state index >= 15 is 0 Å². The van der Waals surface area contributed by atoms with Gasteiger partial charge < -0.3 is 18.8 Å². The highest BCUT2D eigenvalue weighted by Crippen LogP contribution is 2.47. The Balaban J connectivity index is 1.27. The molecule has 0 N–H and O–H groups in total. The average molecular weight is 718 g/mol. The second-order valence-corrected chi connectivity index (χ2v) is 13.6. The zero-order valence-electron chi connectivity index (χ0n) is 30.0. The molecule has 0 amide bonds. The number of para-hydroxylation sites is 5. The predicted molar refractivity (Wildman–Crippen MR) is 228 cm³/mol. The van der Waals surface area contributed by atoms with Crippen molar-refractivity contribution in [2.45, 2.75) is 0 Å². The summed E-state index contributed by atoms with van der Waals surface area (Å²) in [6.45, 7) is 8.47. The highest BCUT2D eigenvalue weighted by atomic mass is 16.3. The van der Waals surface area contributed by atoms with Crippen molar-refractivity contribution < 1.29 is 4.42 Å². The van der Waals surface area contributed by atoms with Crippen molar-refractivity contribution in [1.29, 1.82) is 5.26 Å². The van der Waals surface area contributed by atoms with Gasteiger partial charge >= 0.3 is 0 Å². The minimum absolute atomic E-state index is 0.419. The molecule has 0 aliphatic carbocycles. The Morgan fingerprint density at radius 2 is 1.07 bits per heavy atom. The lowest BCUT2D eigenvalue weighted by Crippen LogP contribution is -2.11. The average Bonchev–Trinajstić information content (AvgIpc) is 3.81. The van der Waals surface area contributed by atoms with Crippen LogP contribution in [0.2, 0.25) is 0 Å². The fraction of sp³-hybridized carbons (Fsp3) is 0. The number of anilines is 6. The fourth-order valence-corrected chi connectivity index (χ4v) is 7.96. The zero-order chi connectivity index (χ0) is 37.6. The van der Waals surface area contributed by atoms with Gasteiger partial charge in [0.15, 0.2) is 0 Å². The van der Waals surface area contributed by atoms with E-state index in [-0.39, 0.29) is 0 Å². The number of benzene rings is 8. The summed E-state index contributed by atoms with van der Waals surface area (Å²) < 4.78 is 8.81. The molecule has 0 spiro atoms. The molecule has 0 radical (unpaired) electrons. The van der Waals surface area contributed by atoms with Gasteiger partial charge in [0.1, 0.15) is 17.2 Å². The second kappa shape index (κ2) is 13.4. The van der Waals surface area contributed by atoms with E-state index < -0.39 is 0 Å². The molecule has 8 aromatic carbocycles. The summed E-state index contributed by atoms with van der Waals surface area (Å²) in [6, 6.07) is 65.6. The van der Waals surface area contributed by atoms with E-state index in [2.05, 4.69) is 81.0 Å². The lowest BCUT2D eigenvalue weighted by atomic mass is 10.1. The van der Waals surface area contributed by atoms with Crippen LogP contribution in [0.1, 0.15) is 5.56 Å². The molecular formula is C50H31N5O. The first-order valence-electron chi connectivity index (χ1n) is 18.4. The molecule has 6 nitrogen and oxygen atoms in total. The molecule has 0 saturated heterocycles. The summed E-state index contributed by atoms with van der Waals surface area (Å²) in [5.41, 5.74) is 10.3. The van der Waals surface area contributed by atoms with E-state index in [1.165, 1.54) is 0 Å². The van der Waals surface area contributed by atoms with Gasteiger partial charge in [-0.15, -0.1) is 0 Å². The van der Waals surface area contributed by atoms with Crippen LogP contribution in [0.5, 0.6) is 0 Å². The first-order valence-corrected chi connectivity index (χ1v) is 18.4. The molecule has 6 heteroatoms. The highest BCUT2D eigenvalue weighted by Gasteiger charge is 2.25. The van der Waals surface area contributed by atoms with Crippen molar-refractivity contribution in [1.82, 2.24) is 4.57 Å². The SMILES string of the molecule is [C-]#[N+]c1cc(-n2c3ccc(N(c4ccccc4)c4ccccc4)cc3c3c4oc5ccccc5c4ccc32)c(C#N)cc1N(c1ccccc1)c1ccccc1. The third-order valence-electron chi connectivity index (χ3n) is 10.4. The first-order chi connectivity index (χ1) is 27.7. The van der Waals surface area contributed by atoms with Gasteiger partial charge in [-0.3, -0.25) is 0 Å². The molecule has 0 saturated carbocycles. The highest BCUT2D eigenvalue weighted by molar-refractivity contribution is 6.24. The monoisotopic (exact) mass is 717 g/mol. The molecule has 0 bridgehead atoms. The molecule has 0 fully saturated rings. The topological polar surface area (TPSA) is 52.7 Å². The maximum atomic E-state index is 10.9. The molecule has 262 valence electrons. The number of hydrogen-bond acceptors (Lipinski definition) is 4. The third-order valence-corrected chi connectivity index (χ3v) is 10.4. The lowest BCUT2D eigenvalue weighted by Gasteiger charge is -2.27. The third kappa shape index (κ3) is 5.25.